The van der Waals surface area contributed by atoms with E-state index in [1.54, 1.807) is 11.0 Å². The van der Waals surface area contributed by atoms with Crippen molar-refractivity contribution in [1.29, 1.82) is 0 Å². The highest BCUT2D eigenvalue weighted by Gasteiger charge is 2.50. The van der Waals surface area contributed by atoms with Crippen molar-refractivity contribution >= 4 is 11.8 Å². The molecular formula is C21H25N5O2. The second-order valence-corrected chi connectivity index (χ2v) is 8.41. The van der Waals surface area contributed by atoms with Crippen molar-refractivity contribution in [2.75, 3.05) is 26.2 Å². The van der Waals surface area contributed by atoms with E-state index < -0.39 is 0 Å². The monoisotopic (exact) mass is 379 g/mol. The smallest absolute Gasteiger partial charge is 0.256 e. The fraction of sp³-hybridized carbons (Fsp3) is 0.524. The molecule has 1 saturated carbocycles. The Balaban J connectivity index is 1.36. The molecule has 3 aliphatic rings. The summed E-state index contributed by atoms with van der Waals surface area (Å²) in [4.78, 5) is 34.5. The Morgan fingerprint density at radius 2 is 2.04 bits per heavy atom. The van der Waals surface area contributed by atoms with E-state index >= 15 is 0 Å². The van der Waals surface area contributed by atoms with Crippen LogP contribution >= 0.6 is 0 Å². The molecule has 1 aromatic carbocycles. The van der Waals surface area contributed by atoms with E-state index in [-0.39, 0.29) is 17.2 Å². The quantitative estimate of drug-likeness (QED) is 0.816. The van der Waals surface area contributed by atoms with Gasteiger partial charge >= 0.3 is 0 Å². The summed E-state index contributed by atoms with van der Waals surface area (Å²) in [6, 6.07) is 7.45. The molecular weight excluding hydrogens is 354 g/mol. The fourth-order valence-corrected chi connectivity index (χ4v) is 4.72. The zero-order valence-corrected chi connectivity index (χ0v) is 16.0. The van der Waals surface area contributed by atoms with Gasteiger partial charge in [0.25, 0.3) is 5.91 Å². The molecule has 1 aliphatic carbocycles. The van der Waals surface area contributed by atoms with Gasteiger partial charge in [-0.25, -0.2) is 9.67 Å². The first-order valence-corrected chi connectivity index (χ1v) is 10.2. The van der Waals surface area contributed by atoms with E-state index in [2.05, 4.69) is 15.0 Å². The van der Waals surface area contributed by atoms with Crippen molar-refractivity contribution in [1.82, 2.24) is 24.6 Å². The van der Waals surface area contributed by atoms with Crippen LogP contribution < -0.4 is 0 Å². The Morgan fingerprint density at radius 3 is 2.82 bits per heavy atom. The second-order valence-electron chi connectivity index (χ2n) is 8.41. The lowest BCUT2D eigenvalue weighted by Crippen LogP contribution is -2.51. The van der Waals surface area contributed by atoms with Gasteiger partial charge in [0.1, 0.15) is 12.7 Å². The molecule has 2 saturated heterocycles. The molecule has 1 unspecified atom stereocenters. The number of hydrogen-bond acceptors (Lipinski definition) is 4. The Kier molecular flexibility index (Phi) is 4.18. The van der Waals surface area contributed by atoms with Crippen LogP contribution in [0.15, 0.2) is 36.9 Å². The molecule has 1 spiro atoms. The van der Waals surface area contributed by atoms with Gasteiger partial charge in [-0.2, -0.15) is 5.10 Å². The zero-order valence-electron chi connectivity index (χ0n) is 16.0. The average Bonchev–Trinajstić information content (AvgIpc) is 3.20. The van der Waals surface area contributed by atoms with Crippen molar-refractivity contribution in [2.24, 2.45) is 11.3 Å². The molecule has 7 heteroatoms. The van der Waals surface area contributed by atoms with Crippen LogP contribution in [0, 0.1) is 11.3 Å². The van der Waals surface area contributed by atoms with Gasteiger partial charge in [0.2, 0.25) is 5.91 Å². The number of likely N-dealkylation sites (tertiary alicyclic amines) is 2. The van der Waals surface area contributed by atoms with Gasteiger partial charge in [0.05, 0.1) is 16.7 Å². The van der Waals surface area contributed by atoms with Gasteiger partial charge in [-0.3, -0.25) is 9.59 Å². The van der Waals surface area contributed by atoms with Crippen LogP contribution in [0.25, 0.3) is 5.69 Å². The first-order chi connectivity index (χ1) is 13.7. The molecule has 5 rings (SSSR count). The van der Waals surface area contributed by atoms with Crippen molar-refractivity contribution in [3.63, 3.8) is 0 Å². The number of carbonyl (C=O) groups excluding carboxylic acids is 2. The van der Waals surface area contributed by atoms with Crippen LogP contribution in [0.3, 0.4) is 0 Å². The third-order valence-corrected chi connectivity index (χ3v) is 6.44. The normalized spacial score (nSPS) is 24.9. The number of para-hydroxylation sites is 1. The minimum Gasteiger partial charge on any atom is -0.342 e. The van der Waals surface area contributed by atoms with Crippen molar-refractivity contribution < 1.29 is 9.59 Å². The Hall–Kier alpha value is -2.70. The summed E-state index contributed by atoms with van der Waals surface area (Å²) in [6.07, 6.45) is 8.25. The van der Waals surface area contributed by atoms with Crippen LogP contribution in [0.4, 0.5) is 0 Å². The predicted molar refractivity (Wildman–Crippen MR) is 103 cm³/mol. The maximum Gasteiger partial charge on any atom is 0.256 e. The number of benzene rings is 1. The zero-order chi connectivity index (χ0) is 19.1. The molecule has 1 atom stereocenters. The second kappa shape index (κ2) is 6.72. The maximum atomic E-state index is 13.3. The Bertz CT molecular complexity index is 892. The van der Waals surface area contributed by atoms with Gasteiger partial charge < -0.3 is 9.80 Å². The number of hydrogen-bond donors (Lipinski definition) is 0. The summed E-state index contributed by atoms with van der Waals surface area (Å²) in [6.45, 7) is 2.94. The predicted octanol–water partition coefficient (Wildman–Crippen LogP) is 2.13. The lowest BCUT2D eigenvalue weighted by Gasteiger charge is -2.39. The van der Waals surface area contributed by atoms with Crippen LogP contribution in [0.5, 0.6) is 0 Å². The number of piperidine rings is 1. The van der Waals surface area contributed by atoms with Crippen LogP contribution in [-0.4, -0.2) is 62.6 Å². The SMILES string of the molecule is O=C(c1ccccc1-n1cncn1)N1CCC2(CCCN(CC3CC3)C2=O)C1. The van der Waals surface area contributed by atoms with Gasteiger partial charge in [-0.05, 0) is 50.2 Å². The summed E-state index contributed by atoms with van der Waals surface area (Å²) in [5.74, 6) is 0.938. The third-order valence-electron chi connectivity index (χ3n) is 6.44. The molecule has 146 valence electrons. The van der Waals surface area contributed by atoms with Gasteiger partial charge in [0, 0.05) is 26.2 Å². The molecule has 2 amide bonds. The number of amides is 2. The van der Waals surface area contributed by atoms with Gasteiger partial charge in [0.15, 0.2) is 0 Å². The molecule has 1 aromatic heterocycles. The summed E-state index contributed by atoms with van der Waals surface area (Å²) in [5, 5.41) is 4.17. The van der Waals surface area contributed by atoms with Gasteiger partial charge in [-0.1, -0.05) is 12.1 Å². The van der Waals surface area contributed by atoms with E-state index in [0.29, 0.717) is 24.6 Å². The number of nitrogens with zero attached hydrogens (tertiary/aromatic N) is 5. The number of carbonyl (C=O) groups is 2. The van der Waals surface area contributed by atoms with Gasteiger partial charge in [-0.15, -0.1) is 0 Å². The molecule has 3 heterocycles. The highest BCUT2D eigenvalue weighted by Crippen LogP contribution is 2.42. The highest BCUT2D eigenvalue weighted by molar-refractivity contribution is 5.98. The Morgan fingerprint density at radius 1 is 1.18 bits per heavy atom. The molecule has 28 heavy (non-hydrogen) atoms. The lowest BCUT2D eigenvalue weighted by molar-refractivity contribution is -0.145. The molecule has 2 aromatic rings. The minimum absolute atomic E-state index is 0.0323. The van der Waals surface area contributed by atoms with Crippen LogP contribution in [0.1, 0.15) is 42.5 Å². The summed E-state index contributed by atoms with van der Waals surface area (Å²) in [7, 11) is 0. The first kappa shape index (κ1) is 17.4. The molecule has 0 radical (unpaired) electrons. The standard InChI is InChI=1S/C21H25N5O2/c27-19(17-4-1-2-5-18(17)26-15-22-14-23-26)25-11-9-21(13-25)8-3-10-24(20(21)28)12-16-6-7-16/h1-2,4-5,14-16H,3,6-13H2. The van der Waals surface area contributed by atoms with Crippen LogP contribution in [0.2, 0.25) is 0 Å². The van der Waals surface area contributed by atoms with E-state index in [4.69, 9.17) is 0 Å². The highest BCUT2D eigenvalue weighted by atomic mass is 16.2. The summed E-state index contributed by atoms with van der Waals surface area (Å²) in [5.41, 5.74) is 0.935. The van der Waals surface area contributed by atoms with E-state index in [1.165, 1.54) is 19.2 Å². The van der Waals surface area contributed by atoms with E-state index in [1.807, 2.05) is 29.2 Å². The lowest BCUT2D eigenvalue weighted by atomic mass is 9.78. The molecule has 0 N–H and O–H groups in total. The van der Waals surface area contributed by atoms with Crippen LogP contribution in [-0.2, 0) is 4.79 Å². The van der Waals surface area contributed by atoms with E-state index in [9.17, 15) is 9.59 Å². The maximum absolute atomic E-state index is 13.3. The molecule has 3 fully saturated rings. The largest absolute Gasteiger partial charge is 0.342 e. The fourth-order valence-electron chi connectivity index (χ4n) is 4.72. The van der Waals surface area contributed by atoms with Crippen molar-refractivity contribution in [3.8, 4) is 5.69 Å². The third kappa shape index (κ3) is 2.99. The van der Waals surface area contributed by atoms with Crippen molar-refractivity contribution in [3.05, 3.63) is 42.5 Å². The van der Waals surface area contributed by atoms with E-state index in [0.717, 1.165) is 38.0 Å². The molecule has 2 aliphatic heterocycles. The molecule has 7 nitrogen and oxygen atoms in total. The Labute approximate surface area is 164 Å². The number of aromatic nitrogens is 3. The topological polar surface area (TPSA) is 71.3 Å². The summed E-state index contributed by atoms with van der Waals surface area (Å²) < 4.78 is 1.61. The molecule has 0 bridgehead atoms. The minimum atomic E-state index is -0.384. The number of rotatable bonds is 4. The summed E-state index contributed by atoms with van der Waals surface area (Å²) >= 11 is 0. The average molecular weight is 379 g/mol. The first-order valence-electron chi connectivity index (χ1n) is 10.2. The van der Waals surface area contributed by atoms with Crippen molar-refractivity contribution in [2.45, 2.75) is 32.1 Å².